The second-order valence-corrected chi connectivity index (χ2v) is 14.2. The minimum absolute atomic E-state index is 0.0577. The molecule has 4 aromatic rings. The number of carbonyl (C=O) groups is 2. The molecule has 1 aliphatic rings. The summed E-state index contributed by atoms with van der Waals surface area (Å²) in [6.45, 7) is 1.48. The fourth-order valence-corrected chi connectivity index (χ4v) is 7.55. The summed E-state index contributed by atoms with van der Waals surface area (Å²) in [6, 6.07) is 31.6. The van der Waals surface area contributed by atoms with Crippen LogP contribution in [0.1, 0.15) is 42.4 Å². The number of anilines is 1. The summed E-state index contributed by atoms with van der Waals surface area (Å²) in [5.74, 6) is -0.701. The summed E-state index contributed by atoms with van der Waals surface area (Å²) in [5.41, 5.74) is 2.86. The second-order valence-electron chi connectivity index (χ2n) is 11.5. The van der Waals surface area contributed by atoms with Crippen LogP contribution in [0.3, 0.4) is 0 Å². The molecule has 0 aromatic heterocycles. The number of rotatable bonds is 12. The Balaban J connectivity index is 1.56. The summed E-state index contributed by atoms with van der Waals surface area (Å²) in [6.07, 6.45) is 4.20. The third-order valence-electron chi connectivity index (χ3n) is 8.23. The van der Waals surface area contributed by atoms with Crippen molar-refractivity contribution in [2.45, 2.75) is 62.6 Å². The van der Waals surface area contributed by atoms with E-state index in [9.17, 15) is 18.0 Å². The molecule has 0 spiro atoms. The Morgan fingerprint density at radius 3 is 2.07 bits per heavy atom. The van der Waals surface area contributed by atoms with Gasteiger partial charge in [0.15, 0.2) is 0 Å². The van der Waals surface area contributed by atoms with E-state index in [1.807, 2.05) is 73.7 Å². The van der Waals surface area contributed by atoms with Gasteiger partial charge in [0, 0.05) is 23.5 Å². The fraction of sp³-hybridized carbons (Fsp3) is 0.278. The second kappa shape index (κ2) is 14.9. The number of halogens is 1. The average Bonchev–Trinajstić information content (AvgIpc) is 3.56. The highest BCUT2D eigenvalue weighted by Gasteiger charge is 2.35. The van der Waals surface area contributed by atoms with Crippen LogP contribution in [0.4, 0.5) is 5.69 Å². The van der Waals surface area contributed by atoms with Gasteiger partial charge in [-0.3, -0.25) is 13.9 Å². The van der Waals surface area contributed by atoms with E-state index in [1.165, 1.54) is 16.4 Å². The van der Waals surface area contributed by atoms with Crippen molar-refractivity contribution < 1.29 is 18.0 Å². The summed E-state index contributed by atoms with van der Waals surface area (Å²) >= 11 is 3.48. The molecule has 0 heterocycles. The number of nitrogens with zero attached hydrogens (tertiary/aromatic N) is 2. The number of hydrogen-bond acceptors (Lipinski definition) is 4. The van der Waals surface area contributed by atoms with Crippen molar-refractivity contribution in [2.75, 3.05) is 10.8 Å². The van der Waals surface area contributed by atoms with Crippen LogP contribution in [0.5, 0.6) is 0 Å². The molecule has 1 saturated carbocycles. The van der Waals surface area contributed by atoms with Crippen molar-refractivity contribution in [1.82, 2.24) is 10.2 Å². The first kappa shape index (κ1) is 32.4. The molecule has 1 aliphatic carbocycles. The van der Waals surface area contributed by atoms with Gasteiger partial charge in [-0.2, -0.15) is 0 Å². The zero-order chi connectivity index (χ0) is 31.8. The molecule has 5 rings (SSSR count). The van der Waals surface area contributed by atoms with E-state index in [4.69, 9.17) is 0 Å². The maximum absolute atomic E-state index is 14.6. The van der Waals surface area contributed by atoms with Crippen LogP contribution in [0.15, 0.2) is 119 Å². The standard InChI is InChI=1S/C36H38BrN3O4S/c1-27-12-8-11-19-33(27)40(45(43,44)32-17-6-3-7-18-32)26-35(41)39(25-29-20-22-30(37)23-21-29)34(24-28-13-4-2-5-14-28)36(42)38-31-15-9-10-16-31/h2-8,11-14,17-23,31,34H,9-10,15-16,24-26H2,1H3,(H,38,42)/t34-/m1/s1. The van der Waals surface area contributed by atoms with Gasteiger partial charge in [0.1, 0.15) is 12.6 Å². The van der Waals surface area contributed by atoms with Gasteiger partial charge >= 0.3 is 0 Å². The highest BCUT2D eigenvalue weighted by atomic mass is 79.9. The fourth-order valence-electron chi connectivity index (χ4n) is 5.78. The number of sulfonamides is 1. The van der Waals surface area contributed by atoms with Crippen LogP contribution in [-0.4, -0.2) is 43.8 Å². The largest absolute Gasteiger partial charge is 0.352 e. The molecule has 234 valence electrons. The molecule has 45 heavy (non-hydrogen) atoms. The molecule has 1 atom stereocenters. The normalized spacial score (nSPS) is 14.1. The molecule has 7 nitrogen and oxygen atoms in total. The zero-order valence-electron chi connectivity index (χ0n) is 25.3. The smallest absolute Gasteiger partial charge is 0.264 e. The van der Waals surface area contributed by atoms with E-state index >= 15 is 0 Å². The molecular weight excluding hydrogens is 650 g/mol. The highest BCUT2D eigenvalue weighted by molar-refractivity contribution is 9.10. The minimum atomic E-state index is -4.13. The third-order valence-corrected chi connectivity index (χ3v) is 10.5. The van der Waals surface area contributed by atoms with E-state index in [0.29, 0.717) is 11.3 Å². The number of benzene rings is 4. The lowest BCUT2D eigenvalue weighted by molar-refractivity contribution is -0.140. The Morgan fingerprint density at radius 2 is 1.42 bits per heavy atom. The molecule has 0 unspecified atom stereocenters. The van der Waals surface area contributed by atoms with Gasteiger partial charge in [0.05, 0.1) is 10.6 Å². The average molecular weight is 689 g/mol. The van der Waals surface area contributed by atoms with Gasteiger partial charge in [-0.05, 0) is 66.8 Å². The van der Waals surface area contributed by atoms with E-state index < -0.39 is 28.5 Å². The van der Waals surface area contributed by atoms with Crippen molar-refractivity contribution in [3.63, 3.8) is 0 Å². The minimum Gasteiger partial charge on any atom is -0.352 e. The van der Waals surface area contributed by atoms with E-state index in [-0.39, 0.29) is 29.8 Å². The Bertz CT molecular complexity index is 1690. The molecule has 0 saturated heterocycles. The first-order valence-electron chi connectivity index (χ1n) is 15.2. The first-order chi connectivity index (χ1) is 21.7. The Labute approximate surface area is 274 Å². The molecule has 0 aliphatic heterocycles. The first-order valence-corrected chi connectivity index (χ1v) is 17.5. The third kappa shape index (κ3) is 8.21. The van der Waals surface area contributed by atoms with Crippen molar-refractivity contribution in [1.29, 1.82) is 0 Å². The summed E-state index contributed by atoms with van der Waals surface area (Å²) in [7, 11) is -4.13. The van der Waals surface area contributed by atoms with Crippen LogP contribution >= 0.6 is 15.9 Å². The lowest BCUT2D eigenvalue weighted by Gasteiger charge is -2.34. The topological polar surface area (TPSA) is 86.8 Å². The molecule has 1 N–H and O–H groups in total. The number of hydrogen-bond donors (Lipinski definition) is 1. The summed E-state index contributed by atoms with van der Waals surface area (Å²) in [5, 5.41) is 3.21. The zero-order valence-corrected chi connectivity index (χ0v) is 27.7. The van der Waals surface area contributed by atoms with Crippen LogP contribution in [-0.2, 0) is 32.6 Å². The van der Waals surface area contributed by atoms with Crippen LogP contribution in [0, 0.1) is 6.92 Å². The van der Waals surface area contributed by atoms with Gasteiger partial charge in [0.25, 0.3) is 10.0 Å². The predicted molar refractivity (Wildman–Crippen MR) is 181 cm³/mol. The Hall–Kier alpha value is -3.95. The van der Waals surface area contributed by atoms with E-state index in [1.54, 1.807) is 35.2 Å². The maximum Gasteiger partial charge on any atom is 0.264 e. The molecule has 1 fully saturated rings. The van der Waals surface area contributed by atoms with Gasteiger partial charge in [0.2, 0.25) is 11.8 Å². The number of para-hydroxylation sites is 1. The molecule has 2 amide bonds. The van der Waals surface area contributed by atoms with Gasteiger partial charge < -0.3 is 10.2 Å². The van der Waals surface area contributed by atoms with Gasteiger partial charge in [-0.25, -0.2) is 8.42 Å². The molecule has 0 bridgehead atoms. The monoisotopic (exact) mass is 687 g/mol. The van der Waals surface area contributed by atoms with Crippen LogP contribution < -0.4 is 9.62 Å². The van der Waals surface area contributed by atoms with Gasteiger partial charge in [-0.15, -0.1) is 0 Å². The van der Waals surface area contributed by atoms with Crippen molar-refractivity contribution in [2.24, 2.45) is 0 Å². The Morgan fingerprint density at radius 1 is 0.822 bits per heavy atom. The van der Waals surface area contributed by atoms with Crippen molar-refractivity contribution in [3.8, 4) is 0 Å². The van der Waals surface area contributed by atoms with E-state index in [0.717, 1.165) is 41.3 Å². The maximum atomic E-state index is 14.6. The van der Waals surface area contributed by atoms with Crippen molar-refractivity contribution in [3.05, 3.63) is 130 Å². The highest BCUT2D eigenvalue weighted by Crippen LogP contribution is 2.28. The van der Waals surface area contributed by atoms with Crippen molar-refractivity contribution >= 4 is 43.5 Å². The summed E-state index contributed by atoms with van der Waals surface area (Å²) in [4.78, 5) is 30.3. The van der Waals surface area contributed by atoms with Gasteiger partial charge in [-0.1, -0.05) is 108 Å². The van der Waals surface area contributed by atoms with E-state index in [2.05, 4.69) is 21.2 Å². The molecule has 4 aromatic carbocycles. The number of aryl methyl sites for hydroxylation is 1. The predicted octanol–water partition coefficient (Wildman–Crippen LogP) is 6.65. The number of carbonyl (C=O) groups excluding carboxylic acids is 2. The quantitative estimate of drug-likeness (QED) is 0.181. The Kier molecular flexibility index (Phi) is 10.7. The molecule has 0 radical (unpaired) electrons. The van der Waals surface area contributed by atoms with Crippen LogP contribution in [0.25, 0.3) is 0 Å². The number of amides is 2. The lowest BCUT2D eigenvalue weighted by atomic mass is 10.0. The lowest BCUT2D eigenvalue weighted by Crippen LogP contribution is -2.54. The molecular formula is C36H38BrN3O4S. The summed E-state index contributed by atoms with van der Waals surface area (Å²) < 4.78 is 30.3. The van der Waals surface area contributed by atoms with Crippen LogP contribution in [0.2, 0.25) is 0 Å². The SMILES string of the molecule is Cc1ccccc1N(CC(=O)N(Cc1ccc(Br)cc1)[C@H](Cc1ccccc1)C(=O)NC1CCCC1)S(=O)(=O)c1ccccc1. The number of nitrogens with one attached hydrogen (secondary N) is 1. The molecule has 9 heteroatoms.